The largest absolute Gasteiger partial charge is 0.349 e. The fraction of sp³-hybridized carbons (Fsp3) is 0.278. The number of pyridine rings is 1. The fourth-order valence-electron chi connectivity index (χ4n) is 3.81. The van der Waals surface area contributed by atoms with Gasteiger partial charge in [-0.25, -0.2) is 4.52 Å². The van der Waals surface area contributed by atoms with Gasteiger partial charge in [0.15, 0.2) is 0 Å². The van der Waals surface area contributed by atoms with Crippen LogP contribution < -0.4 is 5.32 Å². The third-order valence-electron chi connectivity index (χ3n) is 5.26. The summed E-state index contributed by atoms with van der Waals surface area (Å²) in [6, 6.07) is 3.63. The van der Waals surface area contributed by atoms with Crippen molar-refractivity contribution in [1.29, 1.82) is 0 Å². The van der Waals surface area contributed by atoms with Gasteiger partial charge in [-0.2, -0.15) is 5.10 Å². The molecule has 4 heterocycles. The minimum absolute atomic E-state index is 0.0301. The number of hydrogen-bond acceptors (Lipinski definition) is 5. The minimum Gasteiger partial charge on any atom is -0.349 e. The SMILES string of the molecule is O=C(NC1[C@H]2CN(C(=O)c3cnn4ccncc34)C[C@@H]12)c1cccnc1. The van der Waals surface area contributed by atoms with Gasteiger partial charge in [-0.3, -0.25) is 19.6 Å². The number of rotatable bonds is 3. The van der Waals surface area contributed by atoms with E-state index in [1.165, 1.54) is 0 Å². The first kappa shape index (κ1) is 15.0. The third kappa shape index (κ3) is 2.33. The Labute approximate surface area is 148 Å². The highest BCUT2D eigenvalue weighted by Gasteiger charge is 2.57. The molecular weight excluding hydrogens is 332 g/mol. The van der Waals surface area contributed by atoms with Crippen LogP contribution in [0.25, 0.3) is 5.52 Å². The first-order valence-electron chi connectivity index (χ1n) is 8.50. The summed E-state index contributed by atoms with van der Waals surface area (Å²) in [5.41, 5.74) is 1.83. The summed E-state index contributed by atoms with van der Waals surface area (Å²) >= 11 is 0. The maximum atomic E-state index is 12.8. The summed E-state index contributed by atoms with van der Waals surface area (Å²) in [6.45, 7) is 1.30. The van der Waals surface area contributed by atoms with Crippen molar-refractivity contribution in [2.24, 2.45) is 11.8 Å². The van der Waals surface area contributed by atoms with Crippen LogP contribution in [0.2, 0.25) is 0 Å². The highest BCUT2D eigenvalue weighted by Crippen LogP contribution is 2.46. The summed E-state index contributed by atoms with van der Waals surface area (Å²) in [6.07, 6.45) is 9.79. The Hall–Kier alpha value is -3.29. The van der Waals surface area contributed by atoms with Crippen LogP contribution in [0.1, 0.15) is 20.7 Å². The van der Waals surface area contributed by atoms with Crippen molar-refractivity contribution in [3.63, 3.8) is 0 Å². The minimum atomic E-state index is -0.107. The van der Waals surface area contributed by atoms with Gasteiger partial charge in [-0.15, -0.1) is 0 Å². The first-order valence-corrected chi connectivity index (χ1v) is 8.50. The Morgan fingerprint density at radius 2 is 1.88 bits per heavy atom. The molecule has 2 aliphatic rings. The van der Waals surface area contributed by atoms with Gasteiger partial charge in [0.05, 0.1) is 29.0 Å². The Morgan fingerprint density at radius 1 is 1.08 bits per heavy atom. The van der Waals surface area contributed by atoms with E-state index in [2.05, 4.69) is 20.4 Å². The van der Waals surface area contributed by atoms with Gasteiger partial charge in [-0.1, -0.05) is 0 Å². The van der Waals surface area contributed by atoms with Gasteiger partial charge in [-0.05, 0) is 12.1 Å². The van der Waals surface area contributed by atoms with Crippen LogP contribution in [0.5, 0.6) is 0 Å². The van der Waals surface area contributed by atoms with Gasteiger partial charge in [0, 0.05) is 55.8 Å². The maximum Gasteiger partial charge on any atom is 0.257 e. The smallest absolute Gasteiger partial charge is 0.257 e. The number of fused-ring (bicyclic) bond motifs is 2. The molecule has 1 aliphatic carbocycles. The molecule has 3 atom stereocenters. The summed E-state index contributed by atoms with van der Waals surface area (Å²) in [5, 5.41) is 7.25. The van der Waals surface area contributed by atoms with Gasteiger partial charge in [0.25, 0.3) is 11.8 Å². The van der Waals surface area contributed by atoms with Crippen molar-refractivity contribution < 1.29 is 9.59 Å². The van der Waals surface area contributed by atoms with Crippen LogP contribution in [0.3, 0.4) is 0 Å². The van der Waals surface area contributed by atoms with E-state index < -0.39 is 0 Å². The molecule has 0 spiro atoms. The molecule has 130 valence electrons. The maximum absolute atomic E-state index is 12.8. The first-order chi connectivity index (χ1) is 12.7. The lowest BCUT2D eigenvalue weighted by Gasteiger charge is -2.19. The Bertz CT molecular complexity index is 989. The van der Waals surface area contributed by atoms with Crippen molar-refractivity contribution in [1.82, 2.24) is 29.8 Å². The molecule has 2 fully saturated rings. The molecule has 1 N–H and O–H groups in total. The zero-order valence-electron chi connectivity index (χ0n) is 13.8. The molecule has 8 nitrogen and oxygen atoms in total. The topological polar surface area (TPSA) is 92.5 Å². The molecule has 3 aromatic rings. The standard InChI is InChI=1S/C18H16N6O2/c25-17(11-2-1-3-19-6-11)22-16-13-9-23(10-14(13)16)18(26)12-7-21-24-5-4-20-8-15(12)24/h1-8,13-14,16H,9-10H2,(H,22,25)/t13-,14+,16?. The fourth-order valence-corrected chi connectivity index (χ4v) is 3.81. The lowest BCUT2D eigenvalue weighted by molar-refractivity contribution is 0.0771. The van der Waals surface area contributed by atoms with E-state index in [-0.39, 0.29) is 17.9 Å². The van der Waals surface area contributed by atoms with Gasteiger partial charge in [0.2, 0.25) is 0 Å². The number of likely N-dealkylation sites (tertiary alicyclic amines) is 1. The van der Waals surface area contributed by atoms with E-state index in [0.717, 1.165) is 0 Å². The Morgan fingerprint density at radius 3 is 2.65 bits per heavy atom. The number of nitrogens with one attached hydrogen (secondary N) is 1. The van der Waals surface area contributed by atoms with Crippen molar-refractivity contribution >= 4 is 17.3 Å². The second-order valence-corrected chi connectivity index (χ2v) is 6.74. The van der Waals surface area contributed by atoms with E-state index in [0.29, 0.717) is 41.6 Å². The number of piperidine rings is 1. The van der Waals surface area contributed by atoms with E-state index in [1.54, 1.807) is 53.8 Å². The molecule has 0 radical (unpaired) electrons. The summed E-state index contributed by atoms with van der Waals surface area (Å²) in [4.78, 5) is 34.9. The molecule has 0 aromatic carbocycles. The van der Waals surface area contributed by atoms with Crippen molar-refractivity contribution in [3.8, 4) is 0 Å². The number of aromatic nitrogens is 4. The van der Waals surface area contributed by atoms with Crippen molar-refractivity contribution in [3.05, 3.63) is 60.4 Å². The molecule has 0 bridgehead atoms. The summed E-state index contributed by atoms with van der Waals surface area (Å²) < 4.78 is 1.65. The molecule has 2 amide bonds. The number of amides is 2. The van der Waals surface area contributed by atoms with E-state index >= 15 is 0 Å². The van der Waals surface area contributed by atoms with E-state index in [1.807, 2.05) is 4.90 Å². The number of carbonyl (C=O) groups is 2. The monoisotopic (exact) mass is 348 g/mol. The predicted molar refractivity (Wildman–Crippen MR) is 91.4 cm³/mol. The average molecular weight is 348 g/mol. The van der Waals surface area contributed by atoms with Crippen LogP contribution in [0, 0.1) is 11.8 Å². The second kappa shape index (κ2) is 5.62. The molecule has 1 saturated heterocycles. The Balaban J connectivity index is 1.24. The average Bonchev–Trinajstić information content (AvgIpc) is 3.07. The molecule has 1 saturated carbocycles. The van der Waals surface area contributed by atoms with Crippen LogP contribution >= 0.6 is 0 Å². The molecule has 1 unspecified atom stereocenters. The quantitative estimate of drug-likeness (QED) is 0.749. The van der Waals surface area contributed by atoms with Crippen LogP contribution in [0.15, 0.2) is 49.3 Å². The van der Waals surface area contributed by atoms with Crippen LogP contribution in [-0.4, -0.2) is 55.4 Å². The van der Waals surface area contributed by atoms with Gasteiger partial charge < -0.3 is 10.2 Å². The zero-order valence-corrected chi connectivity index (χ0v) is 13.8. The predicted octanol–water partition coefficient (Wildman–Crippen LogP) is 0.625. The number of carbonyl (C=O) groups excluding carboxylic acids is 2. The Kier molecular flexibility index (Phi) is 3.24. The third-order valence-corrected chi connectivity index (χ3v) is 5.26. The van der Waals surface area contributed by atoms with E-state index in [9.17, 15) is 9.59 Å². The number of nitrogens with zero attached hydrogens (tertiary/aromatic N) is 5. The molecule has 1 aliphatic heterocycles. The molecule has 26 heavy (non-hydrogen) atoms. The summed E-state index contributed by atoms with van der Waals surface area (Å²) in [7, 11) is 0. The molecule has 5 rings (SSSR count). The number of hydrogen-bond donors (Lipinski definition) is 1. The molecule has 3 aromatic heterocycles. The molecular formula is C18H16N6O2. The molecule has 8 heteroatoms. The van der Waals surface area contributed by atoms with Crippen molar-refractivity contribution in [2.45, 2.75) is 6.04 Å². The second-order valence-electron chi connectivity index (χ2n) is 6.74. The van der Waals surface area contributed by atoms with Crippen LogP contribution in [-0.2, 0) is 0 Å². The highest BCUT2D eigenvalue weighted by atomic mass is 16.2. The van der Waals surface area contributed by atoms with E-state index in [4.69, 9.17) is 0 Å². The van der Waals surface area contributed by atoms with Gasteiger partial charge >= 0.3 is 0 Å². The van der Waals surface area contributed by atoms with Gasteiger partial charge in [0.1, 0.15) is 0 Å². The normalized spacial score (nSPS) is 23.7. The summed E-state index contributed by atoms with van der Waals surface area (Å²) in [5.74, 6) is 0.501. The lowest BCUT2D eigenvalue weighted by atomic mass is 10.2. The lowest BCUT2D eigenvalue weighted by Crippen LogP contribution is -2.37. The van der Waals surface area contributed by atoms with Crippen LogP contribution in [0.4, 0.5) is 0 Å². The zero-order chi connectivity index (χ0) is 17.7. The van der Waals surface area contributed by atoms with Crippen molar-refractivity contribution in [2.75, 3.05) is 13.1 Å². The highest BCUT2D eigenvalue weighted by molar-refractivity contribution is 6.00.